The van der Waals surface area contributed by atoms with Crippen molar-refractivity contribution in [2.45, 2.75) is 6.61 Å². The maximum absolute atomic E-state index is 6.95. The maximum atomic E-state index is 6.95. The average molecular weight is 264 g/mol. The van der Waals surface area contributed by atoms with Crippen LogP contribution in [0.25, 0.3) is 21.9 Å². The Hall–Kier alpha value is -2.71. The number of methoxy groups -OCH3 is 1. The van der Waals surface area contributed by atoms with E-state index in [1.54, 1.807) is 23.8 Å². The van der Waals surface area contributed by atoms with E-state index < -0.39 is 0 Å². The number of benzene rings is 1. The van der Waals surface area contributed by atoms with Crippen molar-refractivity contribution >= 4 is 11.3 Å². The molecule has 0 atom stereocenters. The lowest BCUT2D eigenvalue weighted by Crippen LogP contribution is -1.91. The lowest BCUT2D eigenvalue weighted by atomic mass is 10.2. The highest BCUT2D eigenvalue weighted by Crippen LogP contribution is 2.20. The van der Waals surface area contributed by atoms with Crippen LogP contribution in [0.2, 0.25) is 0 Å². The summed E-state index contributed by atoms with van der Waals surface area (Å²) in [5.41, 5.74) is 3.35. The van der Waals surface area contributed by atoms with Crippen LogP contribution in [0.3, 0.4) is 0 Å². The summed E-state index contributed by atoms with van der Waals surface area (Å²) in [5.74, 6) is 0.649. The molecule has 0 saturated heterocycles. The first kappa shape index (κ1) is 12.3. The predicted molar refractivity (Wildman–Crippen MR) is 75.4 cm³/mol. The molecule has 0 bridgehead atoms. The second-order valence-corrected chi connectivity index (χ2v) is 4.36. The molecule has 0 aliphatic heterocycles. The Bertz CT molecular complexity index is 784. The van der Waals surface area contributed by atoms with Crippen LogP contribution < -0.4 is 0 Å². The number of hydrogen-bond donors (Lipinski definition) is 0. The van der Waals surface area contributed by atoms with Crippen LogP contribution in [0.5, 0.6) is 0 Å². The van der Waals surface area contributed by atoms with Gasteiger partial charge in [-0.25, -0.2) is 14.3 Å². The second-order valence-electron chi connectivity index (χ2n) is 4.36. The first-order valence-corrected chi connectivity index (χ1v) is 6.12. The quantitative estimate of drug-likeness (QED) is 0.683. The third kappa shape index (κ3) is 2.25. The average Bonchev–Trinajstić information content (AvgIpc) is 2.91. The van der Waals surface area contributed by atoms with Crippen molar-refractivity contribution in [3.8, 4) is 11.4 Å². The van der Waals surface area contributed by atoms with E-state index in [1.165, 1.54) is 0 Å². The van der Waals surface area contributed by atoms with Gasteiger partial charge in [0, 0.05) is 18.9 Å². The van der Waals surface area contributed by atoms with Gasteiger partial charge in [0.05, 0.1) is 13.2 Å². The van der Waals surface area contributed by atoms with Gasteiger partial charge in [-0.15, -0.1) is 5.10 Å². The van der Waals surface area contributed by atoms with Gasteiger partial charge in [-0.3, -0.25) is 0 Å². The number of hydrogen-bond acceptors (Lipinski definition) is 3. The van der Waals surface area contributed by atoms with Crippen LogP contribution in [0.4, 0.5) is 5.69 Å². The molecule has 0 unspecified atom stereocenters. The smallest absolute Gasteiger partial charge is 0.187 e. The van der Waals surface area contributed by atoms with E-state index in [2.05, 4.69) is 14.9 Å². The van der Waals surface area contributed by atoms with E-state index in [4.69, 9.17) is 11.3 Å². The van der Waals surface area contributed by atoms with Gasteiger partial charge in [-0.05, 0) is 17.7 Å². The summed E-state index contributed by atoms with van der Waals surface area (Å²) < 4.78 is 6.84. The van der Waals surface area contributed by atoms with Crippen molar-refractivity contribution in [1.82, 2.24) is 14.6 Å². The van der Waals surface area contributed by atoms with Crippen molar-refractivity contribution in [3.05, 3.63) is 59.6 Å². The Balaban J connectivity index is 2.01. The summed E-state index contributed by atoms with van der Waals surface area (Å²) in [6.07, 6.45) is 1.87. The largest absolute Gasteiger partial charge is 0.380 e. The van der Waals surface area contributed by atoms with Gasteiger partial charge < -0.3 is 4.74 Å². The van der Waals surface area contributed by atoms with E-state index in [0.717, 1.165) is 16.8 Å². The van der Waals surface area contributed by atoms with Crippen molar-refractivity contribution in [2.24, 2.45) is 0 Å². The van der Waals surface area contributed by atoms with Gasteiger partial charge >= 0.3 is 0 Å². The molecule has 0 amide bonds. The number of rotatable bonds is 3. The third-order valence-corrected chi connectivity index (χ3v) is 2.97. The molecule has 0 radical (unpaired) electrons. The fourth-order valence-electron chi connectivity index (χ4n) is 1.99. The highest BCUT2D eigenvalue weighted by atomic mass is 16.5. The molecule has 2 aromatic heterocycles. The maximum Gasteiger partial charge on any atom is 0.187 e. The molecule has 3 rings (SSSR count). The van der Waals surface area contributed by atoms with Crippen molar-refractivity contribution in [2.75, 3.05) is 7.11 Å². The molecule has 98 valence electrons. The fraction of sp³-hybridized carbons (Fsp3) is 0.133. The minimum absolute atomic E-state index is 0.554. The summed E-state index contributed by atoms with van der Waals surface area (Å²) in [4.78, 5) is 7.87. The Morgan fingerprint density at radius 1 is 1.25 bits per heavy atom. The summed E-state index contributed by atoms with van der Waals surface area (Å²) in [6, 6.07) is 11.2. The monoisotopic (exact) mass is 264 g/mol. The van der Waals surface area contributed by atoms with Gasteiger partial charge in [0.25, 0.3) is 0 Å². The van der Waals surface area contributed by atoms with E-state index in [0.29, 0.717) is 18.1 Å². The van der Waals surface area contributed by atoms with Crippen LogP contribution in [0.15, 0.2) is 42.6 Å². The summed E-state index contributed by atoms with van der Waals surface area (Å²) in [5, 5.41) is 4.43. The Labute approximate surface area is 116 Å². The zero-order chi connectivity index (χ0) is 13.9. The summed E-state index contributed by atoms with van der Waals surface area (Å²) in [7, 11) is 1.67. The lowest BCUT2D eigenvalue weighted by molar-refractivity contribution is 0.185. The number of fused-ring (bicyclic) bond motifs is 1. The molecule has 0 N–H and O–H groups in total. The topological polar surface area (TPSA) is 43.8 Å². The van der Waals surface area contributed by atoms with Crippen LogP contribution in [-0.2, 0) is 11.3 Å². The summed E-state index contributed by atoms with van der Waals surface area (Å²) >= 11 is 0. The molecular formula is C15H12N4O. The standard InChI is InChI=1S/C15H12N4O/c1-16-13-5-3-12(4-6-13)15-17-14-9-11(10-20-2)7-8-19(14)18-15/h3-9H,10H2,2H3. The normalized spacial score (nSPS) is 10.6. The Morgan fingerprint density at radius 3 is 2.75 bits per heavy atom. The molecule has 3 aromatic rings. The summed E-state index contributed by atoms with van der Waals surface area (Å²) in [6.45, 7) is 7.50. The third-order valence-electron chi connectivity index (χ3n) is 2.97. The second kappa shape index (κ2) is 5.11. The van der Waals surface area contributed by atoms with Crippen LogP contribution in [0.1, 0.15) is 5.56 Å². The molecule has 20 heavy (non-hydrogen) atoms. The number of aromatic nitrogens is 3. The Kier molecular flexibility index (Phi) is 3.15. The number of pyridine rings is 1. The molecule has 0 aliphatic carbocycles. The van der Waals surface area contributed by atoms with Gasteiger partial charge in [0.15, 0.2) is 17.2 Å². The molecule has 0 aliphatic rings. The minimum Gasteiger partial charge on any atom is -0.380 e. The SMILES string of the molecule is [C-]#[N+]c1ccc(-c2nc3cc(COC)ccn3n2)cc1. The molecule has 1 aromatic carbocycles. The predicted octanol–water partition coefficient (Wildman–Crippen LogP) is 3.09. The van der Waals surface area contributed by atoms with Gasteiger partial charge in [0.1, 0.15) is 0 Å². The number of ether oxygens (including phenoxy) is 1. The molecule has 2 heterocycles. The van der Waals surface area contributed by atoms with E-state index in [1.807, 2.05) is 30.5 Å². The van der Waals surface area contributed by atoms with Crippen molar-refractivity contribution in [3.63, 3.8) is 0 Å². The van der Waals surface area contributed by atoms with Crippen LogP contribution in [0, 0.1) is 6.57 Å². The Morgan fingerprint density at radius 2 is 2.05 bits per heavy atom. The number of nitrogens with zero attached hydrogens (tertiary/aromatic N) is 4. The van der Waals surface area contributed by atoms with Gasteiger partial charge in [-0.2, -0.15) is 0 Å². The van der Waals surface area contributed by atoms with Crippen molar-refractivity contribution < 1.29 is 4.74 Å². The lowest BCUT2D eigenvalue weighted by Gasteiger charge is -1.98. The zero-order valence-electron chi connectivity index (χ0n) is 10.9. The molecule has 5 heteroatoms. The van der Waals surface area contributed by atoms with Crippen LogP contribution >= 0.6 is 0 Å². The molecular weight excluding hydrogens is 252 g/mol. The highest BCUT2D eigenvalue weighted by Gasteiger charge is 2.07. The first-order valence-electron chi connectivity index (χ1n) is 6.12. The minimum atomic E-state index is 0.554. The van der Waals surface area contributed by atoms with E-state index in [-0.39, 0.29) is 0 Å². The van der Waals surface area contributed by atoms with E-state index >= 15 is 0 Å². The molecule has 5 nitrogen and oxygen atoms in total. The molecule has 0 spiro atoms. The molecule has 0 saturated carbocycles. The van der Waals surface area contributed by atoms with Crippen LogP contribution in [-0.4, -0.2) is 21.7 Å². The van der Waals surface area contributed by atoms with Crippen molar-refractivity contribution in [1.29, 1.82) is 0 Å². The van der Waals surface area contributed by atoms with Gasteiger partial charge in [0.2, 0.25) is 0 Å². The van der Waals surface area contributed by atoms with E-state index in [9.17, 15) is 0 Å². The highest BCUT2D eigenvalue weighted by molar-refractivity contribution is 5.62. The molecule has 0 fully saturated rings. The zero-order valence-corrected chi connectivity index (χ0v) is 10.9. The van der Waals surface area contributed by atoms with Gasteiger partial charge in [-0.1, -0.05) is 24.3 Å². The first-order chi connectivity index (χ1) is 9.80. The fourth-order valence-corrected chi connectivity index (χ4v) is 1.99.